The van der Waals surface area contributed by atoms with E-state index in [1.165, 1.54) is 48.2 Å². The number of nitrogens with one attached hydrogen (secondary N) is 1. The van der Waals surface area contributed by atoms with Crippen molar-refractivity contribution in [3.8, 4) is 0 Å². The highest BCUT2D eigenvalue weighted by atomic mass is 35.5. The Morgan fingerprint density at radius 1 is 1.13 bits per heavy atom. The Morgan fingerprint density at radius 3 is 2.35 bits per heavy atom. The molecule has 0 aliphatic carbocycles. The topological polar surface area (TPSA) is 49.4 Å². The average Bonchev–Trinajstić information content (AvgIpc) is 2.43. The Bertz CT molecular complexity index is 732. The third-order valence-corrected chi connectivity index (χ3v) is 3.39. The highest BCUT2D eigenvalue weighted by Gasteiger charge is 2.17. The second kappa shape index (κ2) is 7.44. The molecule has 0 unspecified atom stereocenters. The van der Waals surface area contributed by atoms with Gasteiger partial charge >= 0.3 is 0 Å². The van der Waals surface area contributed by atoms with Crippen LogP contribution in [0.25, 0.3) is 0 Å². The van der Waals surface area contributed by atoms with Gasteiger partial charge in [0.05, 0.1) is 0 Å². The molecule has 23 heavy (non-hydrogen) atoms. The highest BCUT2D eigenvalue weighted by Crippen LogP contribution is 2.25. The molecule has 2 rings (SSSR count). The van der Waals surface area contributed by atoms with Gasteiger partial charge in [0.15, 0.2) is 0 Å². The molecular formula is C16H13Cl2FN2O2. The summed E-state index contributed by atoms with van der Waals surface area (Å²) in [6.07, 6.45) is 0. The van der Waals surface area contributed by atoms with Crippen molar-refractivity contribution in [3.05, 3.63) is 58.3 Å². The molecule has 0 aliphatic heterocycles. The molecular weight excluding hydrogens is 342 g/mol. The quantitative estimate of drug-likeness (QED) is 0.897. The van der Waals surface area contributed by atoms with Crippen molar-refractivity contribution >= 4 is 46.4 Å². The molecule has 2 aromatic carbocycles. The van der Waals surface area contributed by atoms with Crippen LogP contribution in [0.3, 0.4) is 0 Å². The van der Waals surface area contributed by atoms with Crippen LogP contribution in [0.15, 0.2) is 42.5 Å². The molecule has 1 N–H and O–H groups in total. The lowest BCUT2D eigenvalue weighted by Gasteiger charge is -2.21. The number of benzene rings is 2. The molecule has 0 aliphatic rings. The third-order valence-electron chi connectivity index (χ3n) is 2.95. The lowest BCUT2D eigenvalue weighted by Crippen LogP contribution is -2.36. The van der Waals surface area contributed by atoms with Crippen molar-refractivity contribution in [1.82, 2.24) is 0 Å². The van der Waals surface area contributed by atoms with E-state index in [1.807, 2.05) is 0 Å². The molecule has 0 fully saturated rings. The number of carbonyl (C=O) groups excluding carboxylic acids is 2. The van der Waals surface area contributed by atoms with Gasteiger partial charge < -0.3 is 10.2 Å². The van der Waals surface area contributed by atoms with Crippen LogP contribution in [0.4, 0.5) is 15.8 Å². The summed E-state index contributed by atoms with van der Waals surface area (Å²) < 4.78 is 13.1. The molecule has 0 aromatic heterocycles. The standard InChI is InChI=1S/C16H13Cl2FN2O2/c1-10(22)21(15-6-11(17)5-12(18)7-15)9-16(23)20-14-4-2-3-13(19)8-14/h2-8H,9H2,1H3,(H,20,23). The molecule has 7 heteroatoms. The van der Waals surface area contributed by atoms with Gasteiger partial charge in [0.1, 0.15) is 12.4 Å². The lowest BCUT2D eigenvalue weighted by molar-refractivity contribution is -0.120. The summed E-state index contributed by atoms with van der Waals surface area (Å²) in [6.45, 7) is 1.08. The SMILES string of the molecule is CC(=O)N(CC(=O)Nc1cccc(F)c1)c1cc(Cl)cc(Cl)c1. The molecule has 2 aromatic rings. The van der Waals surface area contributed by atoms with E-state index in [0.717, 1.165) is 0 Å². The number of nitrogens with zero attached hydrogens (tertiary/aromatic N) is 1. The average molecular weight is 355 g/mol. The summed E-state index contributed by atoms with van der Waals surface area (Å²) >= 11 is 11.8. The summed E-state index contributed by atoms with van der Waals surface area (Å²) in [4.78, 5) is 25.1. The number of carbonyl (C=O) groups is 2. The number of amides is 2. The Morgan fingerprint density at radius 2 is 1.78 bits per heavy atom. The zero-order chi connectivity index (χ0) is 17.0. The van der Waals surface area contributed by atoms with Crippen molar-refractivity contribution in [2.45, 2.75) is 6.92 Å². The van der Waals surface area contributed by atoms with Gasteiger partial charge in [-0.3, -0.25) is 9.59 Å². The summed E-state index contributed by atoms with van der Waals surface area (Å²) in [6, 6.07) is 10.1. The van der Waals surface area contributed by atoms with Gasteiger partial charge in [-0.1, -0.05) is 29.3 Å². The van der Waals surface area contributed by atoms with Gasteiger partial charge in [-0.25, -0.2) is 4.39 Å². The minimum absolute atomic E-state index is 0.248. The Balaban J connectivity index is 2.16. The van der Waals surface area contributed by atoms with Crippen LogP contribution in [0.2, 0.25) is 10.0 Å². The van der Waals surface area contributed by atoms with Crippen LogP contribution in [0.1, 0.15) is 6.92 Å². The summed E-state index contributed by atoms with van der Waals surface area (Å²) in [5, 5.41) is 3.23. The van der Waals surface area contributed by atoms with E-state index >= 15 is 0 Å². The van der Waals surface area contributed by atoms with Crippen molar-refractivity contribution in [3.63, 3.8) is 0 Å². The minimum atomic E-state index is -0.470. The first-order chi connectivity index (χ1) is 10.8. The summed E-state index contributed by atoms with van der Waals surface area (Å²) in [5.41, 5.74) is 0.715. The molecule has 0 spiro atoms. The predicted octanol–water partition coefficient (Wildman–Crippen LogP) is 4.12. The first-order valence-electron chi connectivity index (χ1n) is 6.65. The Labute approximate surface area is 142 Å². The molecule has 0 radical (unpaired) electrons. The van der Waals surface area contributed by atoms with Gasteiger partial charge in [-0.15, -0.1) is 0 Å². The van der Waals surface area contributed by atoms with Crippen molar-refractivity contribution < 1.29 is 14.0 Å². The van der Waals surface area contributed by atoms with Gasteiger partial charge in [0.25, 0.3) is 0 Å². The second-order valence-electron chi connectivity index (χ2n) is 4.79. The van der Waals surface area contributed by atoms with Gasteiger partial charge in [-0.05, 0) is 36.4 Å². The molecule has 0 bridgehead atoms. The smallest absolute Gasteiger partial charge is 0.244 e. The van der Waals surface area contributed by atoms with E-state index < -0.39 is 11.7 Å². The Hall–Kier alpha value is -2.11. The first-order valence-corrected chi connectivity index (χ1v) is 7.40. The zero-order valence-electron chi connectivity index (χ0n) is 12.1. The molecule has 120 valence electrons. The van der Waals surface area contributed by atoms with Crippen molar-refractivity contribution in [1.29, 1.82) is 0 Å². The van der Waals surface area contributed by atoms with E-state index in [4.69, 9.17) is 23.2 Å². The Kier molecular flexibility index (Phi) is 5.58. The maximum Gasteiger partial charge on any atom is 0.244 e. The summed E-state index contributed by atoms with van der Waals surface area (Å²) in [7, 11) is 0. The van der Waals surface area contributed by atoms with Crippen molar-refractivity contribution in [2.75, 3.05) is 16.8 Å². The van der Waals surface area contributed by atoms with E-state index in [1.54, 1.807) is 6.07 Å². The molecule has 2 amide bonds. The fourth-order valence-corrected chi connectivity index (χ4v) is 2.50. The third kappa shape index (κ3) is 4.94. The van der Waals surface area contributed by atoms with Crippen LogP contribution < -0.4 is 10.2 Å². The van der Waals surface area contributed by atoms with Crippen LogP contribution in [-0.4, -0.2) is 18.4 Å². The normalized spacial score (nSPS) is 10.3. The maximum atomic E-state index is 13.1. The number of hydrogen-bond donors (Lipinski definition) is 1. The maximum absolute atomic E-state index is 13.1. The second-order valence-corrected chi connectivity index (χ2v) is 5.66. The van der Waals surface area contributed by atoms with E-state index in [9.17, 15) is 14.0 Å². The fraction of sp³-hybridized carbons (Fsp3) is 0.125. The van der Waals surface area contributed by atoms with E-state index in [0.29, 0.717) is 21.4 Å². The van der Waals surface area contributed by atoms with E-state index in [2.05, 4.69) is 5.32 Å². The van der Waals surface area contributed by atoms with Crippen molar-refractivity contribution in [2.24, 2.45) is 0 Å². The number of halogens is 3. The van der Waals surface area contributed by atoms with Gasteiger partial charge in [0, 0.05) is 28.3 Å². The van der Waals surface area contributed by atoms with Gasteiger partial charge in [0.2, 0.25) is 11.8 Å². The van der Waals surface area contributed by atoms with Crippen LogP contribution in [0.5, 0.6) is 0 Å². The molecule has 0 saturated carbocycles. The molecule has 0 atom stereocenters. The van der Waals surface area contributed by atoms with Crippen LogP contribution >= 0.6 is 23.2 Å². The largest absolute Gasteiger partial charge is 0.324 e. The van der Waals surface area contributed by atoms with E-state index in [-0.39, 0.29) is 12.5 Å². The zero-order valence-corrected chi connectivity index (χ0v) is 13.7. The molecule has 0 heterocycles. The van der Waals surface area contributed by atoms with Gasteiger partial charge in [-0.2, -0.15) is 0 Å². The fourth-order valence-electron chi connectivity index (χ4n) is 1.99. The monoisotopic (exact) mass is 354 g/mol. The first kappa shape index (κ1) is 17.2. The predicted molar refractivity (Wildman–Crippen MR) is 89.5 cm³/mol. The minimum Gasteiger partial charge on any atom is -0.324 e. The number of anilines is 2. The number of rotatable bonds is 4. The van der Waals surface area contributed by atoms with Crippen LogP contribution in [-0.2, 0) is 9.59 Å². The van der Waals surface area contributed by atoms with Crippen LogP contribution in [0, 0.1) is 5.82 Å². The highest BCUT2D eigenvalue weighted by molar-refractivity contribution is 6.35. The molecule has 0 saturated heterocycles. The molecule has 4 nitrogen and oxygen atoms in total. The number of hydrogen-bond acceptors (Lipinski definition) is 2. The lowest BCUT2D eigenvalue weighted by atomic mass is 10.2. The summed E-state index contributed by atoms with van der Waals surface area (Å²) in [5.74, 6) is -1.28.